The molecule has 0 saturated carbocycles. The molecule has 1 saturated heterocycles. The monoisotopic (exact) mass is 359 g/mol. The summed E-state index contributed by atoms with van der Waals surface area (Å²) in [6, 6.07) is 0. The van der Waals surface area contributed by atoms with Gasteiger partial charge in [0.05, 0.1) is 11.2 Å². The molecule has 1 fully saturated rings. The number of carbonyl (C=O) groups excluding carboxylic acids is 1. The van der Waals surface area contributed by atoms with Crippen LogP contribution in [0.15, 0.2) is 23.8 Å². The second-order valence-corrected chi connectivity index (χ2v) is 7.95. The van der Waals surface area contributed by atoms with Gasteiger partial charge in [0.2, 0.25) is 0 Å². The highest BCUT2D eigenvalue weighted by Crippen LogP contribution is 2.30. The summed E-state index contributed by atoms with van der Waals surface area (Å²) < 4.78 is 0. The van der Waals surface area contributed by atoms with E-state index in [1.54, 1.807) is 18.1 Å². The summed E-state index contributed by atoms with van der Waals surface area (Å²) in [5, 5.41) is 0. The van der Waals surface area contributed by atoms with E-state index in [1.165, 1.54) is 6.33 Å². The maximum absolute atomic E-state index is 12.9. The molecule has 132 valence electrons. The average molecular weight is 359 g/mol. The van der Waals surface area contributed by atoms with Crippen LogP contribution < -0.4 is 10.6 Å². The molecule has 0 spiro atoms. The van der Waals surface area contributed by atoms with Gasteiger partial charge in [-0.3, -0.25) is 4.79 Å². The molecule has 0 unspecified atom stereocenters. The number of piperidine rings is 1. The summed E-state index contributed by atoms with van der Waals surface area (Å²) in [6.07, 6.45) is 6.89. The fourth-order valence-electron chi connectivity index (χ4n) is 3.35. The van der Waals surface area contributed by atoms with E-state index in [-0.39, 0.29) is 11.4 Å². The second-order valence-electron chi connectivity index (χ2n) is 6.82. The Labute approximate surface area is 149 Å². The van der Waals surface area contributed by atoms with Gasteiger partial charge < -0.3 is 20.5 Å². The molecule has 9 heteroatoms. The molecule has 3 N–H and O–H groups in total. The van der Waals surface area contributed by atoms with Crippen molar-refractivity contribution >= 4 is 34.7 Å². The van der Waals surface area contributed by atoms with E-state index in [1.807, 2.05) is 22.9 Å². The fraction of sp³-hybridized carbons (Fsp3) is 0.500. The Morgan fingerprint density at radius 2 is 2.24 bits per heavy atom. The quantitative estimate of drug-likeness (QED) is 0.827. The molecular weight excluding hydrogens is 338 g/mol. The summed E-state index contributed by atoms with van der Waals surface area (Å²) in [7, 11) is 0. The summed E-state index contributed by atoms with van der Waals surface area (Å²) in [5.74, 6) is 1.63. The number of rotatable bonds is 2. The number of thioether (sulfide) groups is 1. The number of hydrogen-bond donors (Lipinski definition) is 2. The molecular formula is C16H21N7OS. The first kappa shape index (κ1) is 16.3. The summed E-state index contributed by atoms with van der Waals surface area (Å²) >= 11 is 1.59. The Bertz CT molecular complexity index is 831. The van der Waals surface area contributed by atoms with E-state index >= 15 is 0 Å². The fourth-order valence-corrected chi connectivity index (χ4v) is 4.31. The number of anilines is 1. The third-order valence-electron chi connectivity index (χ3n) is 4.56. The van der Waals surface area contributed by atoms with Crippen molar-refractivity contribution in [3.05, 3.63) is 23.8 Å². The summed E-state index contributed by atoms with van der Waals surface area (Å²) in [5.41, 5.74) is 7.35. The predicted molar refractivity (Wildman–Crippen MR) is 98.0 cm³/mol. The number of aromatic amines is 1. The number of likely N-dealkylation sites (tertiary alicyclic amines) is 1. The van der Waals surface area contributed by atoms with Gasteiger partial charge in [0.25, 0.3) is 5.91 Å². The summed E-state index contributed by atoms with van der Waals surface area (Å²) in [6.45, 7) is 4.15. The van der Waals surface area contributed by atoms with Gasteiger partial charge >= 0.3 is 0 Å². The van der Waals surface area contributed by atoms with Crippen LogP contribution in [-0.4, -0.2) is 61.7 Å². The van der Waals surface area contributed by atoms with Crippen LogP contribution >= 0.6 is 11.8 Å². The number of carbonyl (C=O) groups is 1. The zero-order valence-corrected chi connectivity index (χ0v) is 14.9. The van der Waals surface area contributed by atoms with Gasteiger partial charge in [-0.05, 0) is 19.8 Å². The molecule has 0 aliphatic carbocycles. The van der Waals surface area contributed by atoms with Gasteiger partial charge in [-0.2, -0.15) is 0 Å². The standard InChI is InChI=1S/C16H21N7OS/c1-16(17)3-2-4-23(8-16)15(24)11-7-22(5-6-25-11)14-12-13(19-9-18-12)20-10-21-14/h7,9-10H,2-6,8,17H2,1H3,(H,18,19,20,21)/t16-/m1/s1. The molecule has 8 nitrogen and oxygen atoms in total. The van der Waals surface area contributed by atoms with Gasteiger partial charge in [-0.1, -0.05) is 0 Å². The van der Waals surface area contributed by atoms with E-state index in [0.29, 0.717) is 12.2 Å². The van der Waals surface area contributed by atoms with Crippen molar-refractivity contribution in [1.29, 1.82) is 0 Å². The minimum absolute atomic E-state index is 0.0565. The van der Waals surface area contributed by atoms with E-state index < -0.39 is 0 Å². The number of aromatic nitrogens is 4. The predicted octanol–water partition coefficient (Wildman–Crippen LogP) is 1.09. The van der Waals surface area contributed by atoms with E-state index in [0.717, 1.165) is 47.9 Å². The molecule has 2 aliphatic heterocycles. The van der Waals surface area contributed by atoms with Crippen LogP contribution in [0.3, 0.4) is 0 Å². The number of hydrogen-bond acceptors (Lipinski definition) is 7. The Morgan fingerprint density at radius 3 is 3.08 bits per heavy atom. The van der Waals surface area contributed by atoms with Crippen molar-refractivity contribution in [3.63, 3.8) is 0 Å². The molecule has 2 aliphatic rings. The molecule has 2 aromatic heterocycles. The first-order valence-corrected chi connectivity index (χ1v) is 9.36. The largest absolute Gasteiger partial charge is 0.340 e. The lowest BCUT2D eigenvalue weighted by Gasteiger charge is -2.38. The van der Waals surface area contributed by atoms with E-state index in [4.69, 9.17) is 5.73 Å². The third-order valence-corrected chi connectivity index (χ3v) is 5.54. The topological polar surface area (TPSA) is 104 Å². The molecule has 4 heterocycles. The summed E-state index contributed by atoms with van der Waals surface area (Å²) in [4.78, 5) is 33.3. The van der Waals surface area contributed by atoms with Gasteiger partial charge in [-0.25, -0.2) is 15.0 Å². The van der Waals surface area contributed by atoms with Crippen molar-refractivity contribution in [1.82, 2.24) is 24.8 Å². The third kappa shape index (κ3) is 3.21. The van der Waals surface area contributed by atoms with Crippen LogP contribution in [0.2, 0.25) is 0 Å². The highest BCUT2D eigenvalue weighted by molar-refractivity contribution is 8.04. The number of nitrogens with two attached hydrogens (primary N) is 1. The average Bonchev–Trinajstić information content (AvgIpc) is 3.09. The number of nitrogens with zero attached hydrogens (tertiary/aromatic N) is 5. The number of fused-ring (bicyclic) bond motifs is 1. The number of H-pyrrole nitrogens is 1. The molecule has 1 amide bonds. The first-order valence-electron chi connectivity index (χ1n) is 8.37. The minimum atomic E-state index is -0.303. The maximum Gasteiger partial charge on any atom is 0.261 e. The lowest BCUT2D eigenvalue weighted by Crippen LogP contribution is -2.54. The number of imidazole rings is 1. The Balaban J connectivity index is 1.60. The molecule has 0 aromatic carbocycles. The smallest absolute Gasteiger partial charge is 0.261 e. The molecule has 0 bridgehead atoms. The van der Waals surface area contributed by atoms with E-state index in [2.05, 4.69) is 19.9 Å². The van der Waals surface area contributed by atoms with Crippen molar-refractivity contribution in [2.24, 2.45) is 5.73 Å². The molecule has 0 radical (unpaired) electrons. The minimum Gasteiger partial charge on any atom is -0.340 e. The van der Waals surface area contributed by atoms with Crippen molar-refractivity contribution in [2.75, 3.05) is 30.3 Å². The number of amides is 1. The van der Waals surface area contributed by atoms with Crippen molar-refractivity contribution in [2.45, 2.75) is 25.3 Å². The molecule has 1 atom stereocenters. The molecule has 2 aromatic rings. The lowest BCUT2D eigenvalue weighted by molar-refractivity contribution is -0.128. The van der Waals surface area contributed by atoms with Crippen molar-refractivity contribution < 1.29 is 4.79 Å². The van der Waals surface area contributed by atoms with Crippen molar-refractivity contribution in [3.8, 4) is 0 Å². The highest BCUT2D eigenvalue weighted by Gasteiger charge is 2.32. The van der Waals surface area contributed by atoms with Gasteiger partial charge in [0, 0.05) is 37.1 Å². The van der Waals surface area contributed by atoms with Crippen LogP contribution in [0, 0.1) is 0 Å². The normalized spacial score (nSPS) is 24.5. The first-order chi connectivity index (χ1) is 12.0. The van der Waals surface area contributed by atoms with Crippen LogP contribution in [0.25, 0.3) is 11.2 Å². The molecule has 25 heavy (non-hydrogen) atoms. The Hall–Kier alpha value is -2.13. The van der Waals surface area contributed by atoms with Crippen LogP contribution in [0.4, 0.5) is 5.82 Å². The van der Waals surface area contributed by atoms with Gasteiger partial charge in [0.1, 0.15) is 11.8 Å². The maximum atomic E-state index is 12.9. The second kappa shape index (κ2) is 6.30. The highest BCUT2D eigenvalue weighted by atomic mass is 32.2. The SMILES string of the molecule is C[C@@]1(N)CCCN(C(=O)C2=CN(c3ncnc4nc[nH]c34)CCS2)C1. The number of nitrogens with one attached hydrogen (secondary N) is 1. The lowest BCUT2D eigenvalue weighted by atomic mass is 9.92. The van der Waals surface area contributed by atoms with Gasteiger partial charge in [0.15, 0.2) is 11.5 Å². The zero-order chi connectivity index (χ0) is 17.4. The van der Waals surface area contributed by atoms with Crippen LogP contribution in [0.5, 0.6) is 0 Å². The Kier molecular flexibility index (Phi) is 4.12. The van der Waals surface area contributed by atoms with Crippen LogP contribution in [0.1, 0.15) is 19.8 Å². The van der Waals surface area contributed by atoms with Gasteiger partial charge in [-0.15, -0.1) is 11.8 Å². The van der Waals surface area contributed by atoms with Crippen LogP contribution in [-0.2, 0) is 4.79 Å². The van der Waals surface area contributed by atoms with E-state index in [9.17, 15) is 4.79 Å². The molecule has 4 rings (SSSR count). The Morgan fingerprint density at radius 1 is 1.36 bits per heavy atom. The zero-order valence-electron chi connectivity index (χ0n) is 14.1.